The van der Waals surface area contributed by atoms with E-state index in [0.717, 1.165) is 0 Å². The smallest absolute Gasteiger partial charge is 0.310 e. The minimum atomic E-state index is -2.48. The molecule has 0 amide bonds. The summed E-state index contributed by atoms with van der Waals surface area (Å²) in [7, 11) is 0. The van der Waals surface area contributed by atoms with Crippen molar-refractivity contribution in [3.63, 3.8) is 0 Å². The normalized spacial score (nSPS) is 9.36. The summed E-state index contributed by atoms with van der Waals surface area (Å²) < 4.78 is 40.6. The van der Waals surface area contributed by atoms with Gasteiger partial charge in [-0.1, -0.05) is 18.2 Å². The Morgan fingerprint density at radius 1 is 1.07 bits per heavy atom. The zero-order chi connectivity index (χ0) is 10.6. The largest absolute Gasteiger partial charge is 0.443 e. The van der Waals surface area contributed by atoms with Gasteiger partial charge in [-0.05, 0) is 24.4 Å². The molecule has 0 aliphatic heterocycles. The lowest BCUT2D eigenvalue weighted by atomic mass is 10.3. The molecule has 74 valence electrons. The quantitative estimate of drug-likeness (QED) is 0.555. The van der Waals surface area contributed by atoms with Crippen molar-refractivity contribution < 1.29 is 17.9 Å². The summed E-state index contributed by atoms with van der Waals surface area (Å²) in [4.78, 5) is 0. The van der Waals surface area contributed by atoms with Crippen molar-refractivity contribution in [1.29, 1.82) is 0 Å². The average Bonchev–Trinajstić information content (AvgIpc) is 2.18. The standard InChI is InChI=1S/C9H5F3OS/c10-7(8(11)12)9(14)13-6-4-2-1-3-5-6/h1-5H. The first kappa shape index (κ1) is 10.7. The van der Waals surface area contributed by atoms with Gasteiger partial charge >= 0.3 is 6.08 Å². The number of hydrogen-bond donors (Lipinski definition) is 0. The number of ether oxygens (including phenoxy) is 1. The van der Waals surface area contributed by atoms with Gasteiger partial charge in [-0.25, -0.2) is 0 Å². The molecule has 0 fully saturated rings. The molecule has 0 saturated heterocycles. The van der Waals surface area contributed by atoms with Gasteiger partial charge in [0.05, 0.1) is 0 Å². The third kappa shape index (κ3) is 2.85. The molecule has 5 heteroatoms. The second kappa shape index (κ2) is 4.76. The highest BCUT2D eigenvalue weighted by molar-refractivity contribution is 7.80. The van der Waals surface area contributed by atoms with E-state index < -0.39 is 17.0 Å². The van der Waals surface area contributed by atoms with Crippen LogP contribution in [0.2, 0.25) is 0 Å². The first-order chi connectivity index (χ1) is 6.61. The molecule has 1 aromatic carbocycles. The van der Waals surface area contributed by atoms with E-state index in [-0.39, 0.29) is 5.75 Å². The summed E-state index contributed by atoms with van der Waals surface area (Å²) >= 11 is 4.30. The van der Waals surface area contributed by atoms with Crippen LogP contribution in [-0.2, 0) is 0 Å². The Bertz CT molecular complexity index is 358. The highest BCUT2D eigenvalue weighted by Gasteiger charge is 2.13. The van der Waals surface area contributed by atoms with Gasteiger partial charge in [-0.3, -0.25) is 0 Å². The number of para-hydroxylation sites is 1. The van der Waals surface area contributed by atoms with E-state index in [1.165, 1.54) is 12.1 Å². The predicted molar refractivity (Wildman–Crippen MR) is 50.0 cm³/mol. The first-order valence-electron chi connectivity index (χ1n) is 3.59. The fraction of sp³-hybridized carbons (Fsp3) is 0. The number of rotatable bonds is 2. The lowest BCUT2D eigenvalue weighted by Gasteiger charge is -2.03. The summed E-state index contributed by atoms with van der Waals surface area (Å²) in [5.74, 6) is -1.59. The van der Waals surface area contributed by atoms with Crippen LogP contribution in [0.25, 0.3) is 0 Å². The Morgan fingerprint density at radius 2 is 1.64 bits per heavy atom. The van der Waals surface area contributed by atoms with Crippen LogP contribution < -0.4 is 4.74 Å². The zero-order valence-corrected chi connectivity index (χ0v) is 7.65. The van der Waals surface area contributed by atoms with E-state index in [0.29, 0.717) is 0 Å². The van der Waals surface area contributed by atoms with E-state index in [9.17, 15) is 13.2 Å². The highest BCUT2D eigenvalue weighted by atomic mass is 32.1. The molecular formula is C9H5F3OS. The second-order valence-electron chi connectivity index (χ2n) is 2.28. The molecule has 0 heterocycles. The molecule has 0 aromatic heterocycles. The minimum Gasteiger partial charge on any atom is -0.443 e. The van der Waals surface area contributed by atoms with Crippen LogP contribution >= 0.6 is 12.2 Å². The van der Waals surface area contributed by atoms with Crippen LogP contribution in [0.5, 0.6) is 5.75 Å². The van der Waals surface area contributed by atoms with Gasteiger partial charge in [0.25, 0.3) is 0 Å². The number of hydrogen-bond acceptors (Lipinski definition) is 2. The summed E-state index contributed by atoms with van der Waals surface area (Å²) in [6.07, 6.45) is -2.48. The topological polar surface area (TPSA) is 9.23 Å². The van der Waals surface area contributed by atoms with Crippen molar-refractivity contribution in [2.45, 2.75) is 0 Å². The number of halogens is 3. The van der Waals surface area contributed by atoms with Crippen molar-refractivity contribution in [3.05, 3.63) is 42.2 Å². The molecule has 0 saturated carbocycles. The molecule has 0 bridgehead atoms. The molecule has 0 aliphatic rings. The Morgan fingerprint density at radius 3 is 2.14 bits per heavy atom. The Hall–Kier alpha value is -1.36. The Balaban J connectivity index is 2.72. The lowest BCUT2D eigenvalue weighted by molar-refractivity contribution is 0.383. The van der Waals surface area contributed by atoms with Crippen molar-refractivity contribution in [2.75, 3.05) is 0 Å². The van der Waals surface area contributed by atoms with E-state index in [4.69, 9.17) is 0 Å². The van der Waals surface area contributed by atoms with Crippen LogP contribution in [0, 0.1) is 0 Å². The SMILES string of the molecule is FC(F)=C(F)C(=S)Oc1ccccc1. The van der Waals surface area contributed by atoms with Crippen LogP contribution in [0.1, 0.15) is 0 Å². The lowest BCUT2D eigenvalue weighted by Crippen LogP contribution is -2.06. The maximum Gasteiger partial charge on any atom is 0.310 e. The van der Waals surface area contributed by atoms with Gasteiger partial charge in [-0.2, -0.15) is 13.2 Å². The maximum atomic E-state index is 12.5. The van der Waals surface area contributed by atoms with Gasteiger partial charge in [0.15, 0.2) is 0 Å². The summed E-state index contributed by atoms with van der Waals surface area (Å²) in [6.45, 7) is 0. The summed E-state index contributed by atoms with van der Waals surface area (Å²) in [6, 6.07) is 7.90. The predicted octanol–water partition coefficient (Wildman–Crippen LogP) is 3.47. The molecule has 1 rings (SSSR count). The van der Waals surface area contributed by atoms with E-state index in [1.54, 1.807) is 18.2 Å². The fourth-order valence-corrected chi connectivity index (χ4v) is 0.891. The van der Waals surface area contributed by atoms with Crippen molar-refractivity contribution in [2.24, 2.45) is 0 Å². The van der Waals surface area contributed by atoms with Gasteiger partial charge in [0.1, 0.15) is 5.75 Å². The molecule has 1 nitrogen and oxygen atoms in total. The highest BCUT2D eigenvalue weighted by Crippen LogP contribution is 2.16. The monoisotopic (exact) mass is 218 g/mol. The fourth-order valence-electron chi connectivity index (χ4n) is 0.718. The minimum absolute atomic E-state index is 0.217. The van der Waals surface area contributed by atoms with Gasteiger partial charge in [0.2, 0.25) is 10.9 Å². The third-order valence-electron chi connectivity index (χ3n) is 1.30. The molecule has 0 N–H and O–H groups in total. The third-order valence-corrected chi connectivity index (χ3v) is 1.56. The van der Waals surface area contributed by atoms with Crippen LogP contribution in [-0.4, -0.2) is 5.05 Å². The molecule has 0 unspecified atom stereocenters. The molecule has 1 aromatic rings. The maximum absolute atomic E-state index is 12.5. The zero-order valence-electron chi connectivity index (χ0n) is 6.84. The van der Waals surface area contributed by atoms with Crippen molar-refractivity contribution >= 4 is 17.3 Å². The summed E-state index contributed by atoms with van der Waals surface area (Å²) in [5.41, 5.74) is 0. The molecule has 0 spiro atoms. The molecule has 0 radical (unpaired) electrons. The van der Waals surface area contributed by atoms with Gasteiger partial charge in [0, 0.05) is 0 Å². The van der Waals surface area contributed by atoms with E-state index in [1.807, 2.05) is 0 Å². The molecule has 0 atom stereocenters. The van der Waals surface area contributed by atoms with Crippen molar-refractivity contribution in [1.82, 2.24) is 0 Å². The van der Waals surface area contributed by atoms with E-state index >= 15 is 0 Å². The second-order valence-corrected chi connectivity index (χ2v) is 2.65. The van der Waals surface area contributed by atoms with Crippen LogP contribution in [0.4, 0.5) is 13.2 Å². The average molecular weight is 218 g/mol. The molecule has 14 heavy (non-hydrogen) atoms. The molecule has 0 aliphatic carbocycles. The summed E-state index contributed by atoms with van der Waals surface area (Å²) in [5, 5.41) is -0.865. The van der Waals surface area contributed by atoms with Crippen LogP contribution in [0.15, 0.2) is 42.2 Å². The number of thiocarbonyl (C=S) groups is 1. The Labute approximate surface area is 83.8 Å². The first-order valence-corrected chi connectivity index (χ1v) is 4.00. The number of benzene rings is 1. The molecular weight excluding hydrogens is 213 g/mol. The van der Waals surface area contributed by atoms with Crippen LogP contribution in [0.3, 0.4) is 0 Å². The van der Waals surface area contributed by atoms with Gasteiger partial charge < -0.3 is 4.74 Å². The van der Waals surface area contributed by atoms with Gasteiger partial charge in [-0.15, -0.1) is 0 Å². The Kier molecular flexibility index (Phi) is 3.64. The van der Waals surface area contributed by atoms with Crippen molar-refractivity contribution in [3.8, 4) is 5.75 Å². The van der Waals surface area contributed by atoms with E-state index in [2.05, 4.69) is 17.0 Å².